The quantitative estimate of drug-likeness (QED) is 0.848. The van der Waals surface area contributed by atoms with Crippen LogP contribution in [0.25, 0.3) is 0 Å². The molecule has 2 N–H and O–H groups in total. The molecule has 1 fully saturated rings. The number of rotatable bonds is 3. The smallest absolute Gasteiger partial charge is 0.0594 e. The average Bonchev–Trinajstić information content (AvgIpc) is 2.68. The van der Waals surface area contributed by atoms with Crippen molar-refractivity contribution in [1.29, 1.82) is 0 Å². The van der Waals surface area contributed by atoms with E-state index in [0.29, 0.717) is 6.10 Å². The van der Waals surface area contributed by atoms with E-state index in [2.05, 4.69) is 32.0 Å². The Bertz CT molecular complexity index is 336. The molecule has 0 bridgehead atoms. The molecule has 2 unspecified atom stereocenters. The summed E-state index contributed by atoms with van der Waals surface area (Å²) in [6.45, 7) is 5.15. The van der Waals surface area contributed by atoms with Gasteiger partial charge in [-0.3, -0.25) is 0 Å². The van der Waals surface area contributed by atoms with Crippen molar-refractivity contribution < 1.29 is 4.74 Å². The van der Waals surface area contributed by atoms with Crippen molar-refractivity contribution in [2.75, 3.05) is 6.61 Å². The molecule has 0 aromatic heterocycles. The maximum absolute atomic E-state index is 6.23. The van der Waals surface area contributed by atoms with Crippen LogP contribution in [0.4, 0.5) is 0 Å². The van der Waals surface area contributed by atoms with Crippen molar-refractivity contribution in [3.8, 4) is 0 Å². The Balaban J connectivity index is 2.04. The molecule has 0 amide bonds. The van der Waals surface area contributed by atoms with Gasteiger partial charge < -0.3 is 10.5 Å². The first-order valence-electron chi connectivity index (χ1n) is 6.10. The van der Waals surface area contributed by atoms with Crippen LogP contribution in [0.2, 0.25) is 0 Å². The van der Waals surface area contributed by atoms with Crippen LogP contribution in [-0.4, -0.2) is 12.7 Å². The Labute approximate surface area is 97.8 Å². The fraction of sp³-hybridized carbons (Fsp3) is 0.571. The predicted molar refractivity (Wildman–Crippen MR) is 66.4 cm³/mol. The summed E-state index contributed by atoms with van der Waals surface area (Å²) in [6, 6.07) is 6.67. The van der Waals surface area contributed by atoms with Crippen LogP contribution in [0.15, 0.2) is 18.2 Å². The first-order chi connectivity index (χ1) is 7.65. The second-order valence-electron chi connectivity index (χ2n) is 4.90. The molecule has 2 nitrogen and oxygen atoms in total. The van der Waals surface area contributed by atoms with Gasteiger partial charge >= 0.3 is 0 Å². The van der Waals surface area contributed by atoms with Crippen LogP contribution >= 0.6 is 0 Å². The minimum atomic E-state index is 0.113. The van der Waals surface area contributed by atoms with Gasteiger partial charge in [0, 0.05) is 12.6 Å². The first-order valence-corrected chi connectivity index (χ1v) is 6.10. The minimum absolute atomic E-state index is 0.113. The van der Waals surface area contributed by atoms with E-state index >= 15 is 0 Å². The van der Waals surface area contributed by atoms with Crippen molar-refractivity contribution in [3.63, 3.8) is 0 Å². The van der Waals surface area contributed by atoms with E-state index < -0.39 is 0 Å². The van der Waals surface area contributed by atoms with Crippen LogP contribution in [0.1, 0.15) is 42.0 Å². The minimum Gasteiger partial charge on any atom is -0.378 e. The first kappa shape index (κ1) is 11.6. The molecule has 1 aromatic carbocycles. The number of nitrogens with two attached hydrogens (primary N) is 1. The Hall–Kier alpha value is -0.860. The highest BCUT2D eigenvalue weighted by Crippen LogP contribution is 2.24. The van der Waals surface area contributed by atoms with Gasteiger partial charge in [0.05, 0.1) is 6.10 Å². The van der Waals surface area contributed by atoms with E-state index in [1.54, 1.807) is 0 Å². The summed E-state index contributed by atoms with van der Waals surface area (Å²) in [4.78, 5) is 0. The topological polar surface area (TPSA) is 35.2 Å². The lowest BCUT2D eigenvalue weighted by atomic mass is 9.97. The van der Waals surface area contributed by atoms with Crippen molar-refractivity contribution >= 4 is 0 Å². The fourth-order valence-corrected chi connectivity index (χ4v) is 2.47. The lowest BCUT2D eigenvalue weighted by Crippen LogP contribution is -2.18. The summed E-state index contributed by atoms with van der Waals surface area (Å²) in [7, 11) is 0. The Morgan fingerprint density at radius 3 is 2.56 bits per heavy atom. The maximum atomic E-state index is 6.23. The lowest BCUT2D eigenvalue weighted by Gasteiger charge is -2.17. The number of benzene rings is 1. The largest absolute Gasteiger partial charge is 0.378 e. The monoisotopic (exact) mass is 219 g/mol. The third kappa shape index (κ3) is 2.83. The third-order valence-electron chi connectivity index (χ3n) is 3.21. The number of hydrogen-bond acceptors (Lipinski definition) is 2. The van der Waals surface area contributed by atoms with Gasteiger partial charge in [0.2, 0.25) is 0 Å². The molecule has 0 aliphatic carbocycles. The van der Waals surface area contributed by atoms with Gasteiger partial charge in [0.1, 0.15) is 0 Å². The summed E-state index contributed by atoms with van der Waals surface area (Å²) >= 11 is 0. The second kappa shape index (κ2) is 4.98. The molecule has 1 aromatic rings. The summed E-state index contributed by atoms with van der Waals surface area (Å²) in [5.74, 6) is 0. The van der Waals surface area contributed by atoms with Crippen LogP contribution in [0.3, 0.4) is 0 Å². The van der Waals surface area contributed by atoms with E-state index in [9.17, 15) is 0 Å². The maximum Gasteiger partial charge on any atom is 0.0594 e. The van der Waals surface area contributed by atoms with Gasteiger partial charge in [-0.1, -0.05) is 29.3 Å². The van der Waals surface area contributed by atoms with E-state index in [1.807, 2.05) is 0 Å². The molecule has 0 spiro atoms. The van der Waals surface area contributed by atoms with Gasteiger partial charge in [-0.15, -0.1) is 0 Å². The van der Waals surface area contributed by atoms with Crippen molar-refractivity contribution in [2.24, 2.45) is 5.73 Å². The van der Waals surface area contributed by atoms with Gasteiger partial charge in [-0.25, -0.2) is 0 Å². The molecule has 1 heterocycles. The zero-order valence-corrected chi connectivity index (χ0v) is 10.2. The van der Waals surface area contributed by atoms with Crippen molar-refractivity contribution in [1.82, 2.24) is 0 Å². The summed E-state index contributed by atoms with van der Waals surface area (Å²) in [6.07, 6.45) is 3.67. The SMILES string of the molecule is Cc1cc(C)cc(C(N)CC2CCCO2)c1. The standard InChI is InChI=1S/C14H21NO/c1-10-6-11(2)8-12(7-10)14(15)9-13-4-3-5-16-13/h6-8,13-14H,3-5,9,15H2,1-2H3. The van der Waals surface area contributed by atoms with Crippen LogP contribution in [0, 0.1) is 13.8 Å². The number of aryl methyl sites for hydroxylation is 2. The highest BCUT2D eigenvalue weighted by atomic mass is 16.5. The molecule has 1 aliphatic rings. The summed E-state index contributed by atoms with van der Waals surface area (Å²) in [5, 5.41) is 0. The molecular weight excluding hydrogens is 198 g/mol. The average molecular weight is 219 g/mol. The Morgan fingerprint density at radius 1 is 1.31 bits per heavy atom. The molecule has 1 aliphatic heterocycles. The summed E-state index contributed by atoms with van der Waals surface area (Å²) in [5.41, 5.74) is 10.1. The van der Waals surface area contributed by atoms with Gasteiger partial charge in [0.25, 0.3) is 0 Å². The highest BCUT2D eigenvalue weighted by molar-refractivity contribution is 5.30. The second-order valence-corrected chi connectivity index (χ2v) is 4.90. The van der Waals surface area contributed by atoms with Crippen LogP contribution in [0.5, 0.6) is 0 Å². The third-order valence-corrected chi connectivity index (χ3v) is 3.21. The Morgan fingerprint density at radius 2 is 2.00 bits per heavy atom. The lowest BCUT2D eigenvalue weighted by molar-refractivity contribution is 0.0983. The normalized spacial score (nSPS) is 22.3. The molecule has 2 heteroatoms. The molecular formula is C14H21NO. The Kier molecular flexibility index (Phi) is 3.62. The highest BCUT2D eigenvalue weighted by Gasteiger charge is 2.19. The van der Waals surface area contributed by atoms with Crippen LogP contribution in [-0.2, 0) is 4.74 Å². The molecule has 0 saturated carbocycles. The zero-order valence-electron chi connectivity index (χ0n) is 10.2. The molecule has 2 atom stereocenters. The summed E-state index contributed by atoms with van der Waals surface area (Å²) < 4.78 is 5.63. The molecule has 16 heavy (non-hydrogen) atoms. The molecule has 2 rings (SSSR count). The van der Waals surface area contributed by atoms with Crippen LogP contribution < -0.4 is 5.73 Å². The zero-order chi connectivity index (χ0) is 11.5. The molecule has 0 radical (unpaired) electrons. The number of hydrogen-bond donors (Lipinski definition) is 1. The van der Waals surface area contributed by atoms with Gasteiger partial charge in [-0.05, 0) is 38.7 Å². The van der Waals surface area contributed by atoms with Crippen molar-refractivity contribution in [2.45, 2.75) is 45.3 Å². The van der Waals surface area contributed by atoms with E-state index in [0.717, 1.165) is 13.0 Å². The number of ether oxygens (including phenoxy) is 1. The molecule has 1 saturated heterocycles. The van der Waals surface area contributed by atoms with E-state index in [1.165, 1.54) is 29.5 Å². The predicted octanol–water partition coefficient (Wildman–Crippen LogP) is 2.87. The molecule has 88 valence electrons. The fourth-order valence-electron chi connectivity index (χ4n) is 2.47. The van der Waals surface area contributed by atoms with E-state index in [4.69, 9.17) is 10.5 Å². The van der Waals surface area contributed by atoms with Gasteiger partial charge in [-0.2, -0.15) is 0 Å². The van der Waals surface area contributed by atoms with E-state index in [-0.39, 0.29) is 6.04 Å². The van der Waals surface area contributed by atoms with Gasteiger partial charge in [0.15, 0.2) is 0 Å². The van der Waals surface area contributed by atoms with Crippen molar-refractivity contribution in [3.05, 3.63) is 34.9 Å².